The minimum Gasteiger partial charge on any atom is -0.548 e. The molecule has 0 heterocycles. The topological polar surface area (TPSA) is 132 Å². The number of carboxylic acids is 2. The van der Waals surface area contributed by atoms with Crippen LogP contribution in [0.15, 0.2) is 0 Å². The molecular formula is C12H24CuN2O4. The van der Waals surface area contributed by atoms with Crippen LogP contribution in [0.2, 0.25) is 0 Å². The van der Waals surface area contributed by atoms with Crippen LogP contribution in [0.25, 0.3) is 0 Å². The predicted molar refractivity (Wildman–Crippen MR) is 64.9 cm³/mol. The molecule has 0 aliphatic heterocycles. The van der Waals surface area contributed by atoms with E-state index in [9.17, 15) is 19.8 Å². The second-order valence-corrected chi connectivity index (χ2v) is 5.11. The molecule has 2 atom stereocenters. The Morgan fingerprint density at radius 3 is 1.11 bits per heavy atom. The second-order valence-electron chi connectivity index (χ2n) is 5.11. The summed E-state index contributed by atoms with van der Waals surface area (Å²) in [5.74, 6) is -1.69. The fourth-order valence-corrected chi connectivity index (χ4v) is 1.21. The maximum absolute atomic E-state index is 10.00. The number of rotatable bonds is 6. The van der Waals surface area contributed by atoms with Crippen molar-refractivity contribution in [2.45, 2.75) is 52.6 Å². The zero-order chi connectivity index (χ0) is 14.9. The summed E-state index contributed by atoms with van der Waals surface area (Å²) in [6.45, 7) is 7.68. The Balaban J connectivity index is -0.000000256. The van der Waals surface area contributed by atoms with Crippen LogP contribution in [0.4, 0.5) is 0 Å². The van der Waals surface area contributed by atoms with Crippen molar-refractivity contribution in [2.75, 3.05) is 0 Å². The zero-order valence-electron chi connectivity index (χ0n) is 11.8. The molecule has 0 aromatic rings. The summed E-state index contributed by atoms with van der Waals surface area (Å²) >= 11 is 0. The van der Waals surface area contributed by atoms with Crippen molar-refractivity contribution in [3.05, 3.63) is 0 Å². The van der Waals surface area contributed by atoms with E-state index < -0.39 is 24.0 Å². The minimum atomic E-state index is -1.16. The molecule has 1 radical (unpaired) electrons. The SMILES string of the molecule is CC(C)C[C@H](N)C(=O)[O-].CC(C)C[C@H](N)C(=O)[O-].[Cu+2]. The van der Waals surface area contributed by atoms with Gasteiger partial charge >= 0.3 is 17.1 Å². The molecule has 0 aromatic carbocycles. The molecule has 6 nitrogen and oxygen atoms in total. The second kappa shape index (κ2) is 12.4. The largest absolute Gasteiger partial charge is 2.00 e. The van der Waals surface area contributed by atoms with Gasteiger partial charge in [-0.05, 0) is 24.7 Å². The summed E-state index contributed by atoms with van der Waals surface area (Å²) in [5.41, 5.74) is 10.3. The fraction of sp³-hybridized carbons (Fsp3) is 0.833. The average molecular weight is 324 g/mol. The number of hydrogen-bond donors (Lipinski definition) is 2. The molecule has 7 heteroatoms. The van der Waals surface area contributed by atoms with Gasteiger partial charge in [0.2, 0.25) is 0 Å². The Kier molecular flexibility index (Phi) is 15.3. The number of aliphatic carboxylic acids is 2. The molecule has 0 saturated heterocycles. The maximum Gasteiger partial charge on any atom is 2.00 e. The van der Waals surface area contributed by atoms with Crippen molar-refractivity contribution in [1.82, 2.24) is 0 Å². The molecule has 0 rings (SSSR count). The van der Waals surface area contributed by atoms with Crippen molar-refractivity contribution in [2.24, 2.45) is 23.3 Å². The first-order valence-corrected chi connectivity index (χ1v) is 6.00. The summed E-state index contributed by atoms with van der Waals surface area (Å²) in [6.07, 6.45) is 0.977. The van der Waals surface area contributed by atoms with Crippen LogP contribution < -0.4 is 21.7 Å². The van der Waals surface area contributed by atoms with E-state index in [-0.39, 0.29) is 17.1 Å². The van der Waals surface area contributed by atoms with Crippen molar-refractivity contribution >= 4 is 11.9 Å². The molecular weight excluding hydrogens is 300 g/mol. The van der Waals surface area contributed by atoms with Gasteiger partial charge in [0.05, 0.1) is 11.9 Å². The van der Waals surface area contributed by atoms with Crippen LogP contribution in [0.3, 0.4) is 0 Å². The summed E-state index contributed by atoms with van der Waals surface area (Å²) < 4.78 is 0. The number of carbonyl (C=O) groups excluding carboxylic acids is 2. The monoisotopic (exact) mass is 323 g/mol. The number of nitrogens with two attached hydrogens (primary N) is 2. The van der Waals surface area contributed by atoms with Crippen LogP contribution >= 0.6 is 0 Å². The van der Waals surface area contributed by atoms with Gasteiger partial charge in [-0.25, -0.2) is 0 Å². The molecule has 0 amide bonds. The van der Waals surface area contributed by atoms with E-state index in [1.165, 1.54) is 0 Å². The normalized spacial score (nSPS) is 13.1. The minimum absolute atomic E-state index is 0. The first-order chi connectivity index (χ1) is 8.07. The number of carboxylic acid groups (broad SMARTS) is 2. The van der Waals surface area contributed by atoms with E-state index >= 15 is 0 Å². The molecule has 19 heavy (non-hydrogen) atoms. The molecule has 0 spiro atoms. The summed E-state index contributed by atoms with van der Waals surface area (Å²) in [7, 11) is 0. The molecule has 4 N–H and O–H groups in total. The molecule has 0 fully saturated rings. The standard InChI is InChI=1S/2C6H13NO2.Cu/c2*1-4(2)3-5(7)6(8)9;/h2*4-5H,3,7H2,1-2H3,(H,8,9);/q;;+2/p-2/t2*5-;/m00./s1. The van der Waals surface area contributed by atoms with Gasteiger partial charge in [-0.3, -0.25) is 0 Å². The van der Waals surface area contributed by atoms with Gasteiger partial charge in [0.1, 0.15) is 0 Å². The molecule has 0 unspecified atom stereocenters. The summed E-state index contributed by atoms with van der Waals surface area (Å²) in [4.78, 5) is 20.0. The molecule has 0 aromatic heterocycles. The van der Waals surface area contributed by atoms with Crippen molar-refractivity contribution in [3.63, 3.8) is 0 Å². The number of hydrogen-bond acceptors (Lipinski definition) is 6. The van der Waals surface area contributed by atoms with E-state index in [1.807, 2.05) is 27.7 Å². The molecule has 0 aliphatic carbocycles. The van der Waals surface area contributed by atoms with Gasteiger partial charge in [-0.2, -0.15) is 0 Å². The van der Waals surface area contributed by atoms with E-state index in [0.717, 1.165) is 0 Å². The van der Waals surface area contributed by atoms with Crippen LogP contribution in [0.1, 0.15) is 40.5 Å². The van der Waals surface area contributed by atoms with Gasteiger partial charge in [0, 0.05) is 12.1 Å². The van der Waals surface area contributed by atoms with Crippen molar-refractivity contribution in [1.29, 1.82) is 0 Å². The fourth-order valence-electron chi connectivity index (χ4n) is 1.21. The third kappa shape index (κ3) is 17.4. The average Bonchev–Trinajstić information content (AvgIpc) is 2.16. The first-order valence-electron chi connectivity index (χ1n) is 6.00. The Labute approximate surface area is 125 Å². The van der Waals surface area contributed by atoms with Crippen molar-refractivity contribution in [3.8, 4) is 0 Å². The van der Waals surface area contributed by atoms with Crippen LogP contribution in [-0.2, 0) is 26.7 Å². The Morgan fingerprint density at radius 1 is 0.842 bits per heavy atom. The zero-order valence-corrected chi connectivity index (χ0v) is 12.8. The maximum atomic E-state index is 10.00. The van der Waals surface area contributed by atoms with Gasteiger partial charge in [0.15, 0.2) is 0 Å². The van der Waals surface area contributed by atoms with Gasteiger partial charge in [0.25, 0.3) is 0 Å². The van der Waals surface area contributed by atoms with Gasteiger partial charge in [-0.1, -0.05) is 27.7 Å². The first kappa shape index (κ1) is 23.5. The molecule has 0 bridgehead atoms. The van der Waals surface area contributed by atoms with Crippen LogP contribution in [0.5, 0.6) is 0 Å². The van der Waals surface area contributed by atoms with E-state index in [4.69, 9.17) is 11.5 Å². The van der Waals surface area contributed by atoms with E-state index in [2.05, 4.69) is 0 Å². The van der Waals surface area contributed by atoms with Crippen molar-refractivity contribution < 1.29 is 36.9 Å². The number of carbonyl (C=O) groups is 2. The Hall–Kier alpha value is -0.621. The Morgan fingerprint density at radius 2 is 1.05 bits per heavy atom. The molecule has 0 saturated carbocycles. The van der Waals surface area contributed by atoms with Crippen LogP contribution in [0, 0.1) is 11.8 Å². The smallest absolute Gasteiger partial charge is 0.548 e. The Bertz CT molecular complexity index is 234. The summed E-state index contributed by atoms with van der Waals surface area (Å²) in [6, 6.07) is -1.60. The third-order valence-corrected chi connectivity index (χ3v) is 2.06. The van der Waals surface area contributed by atoms with Gasteiger partial charge in [-0.15, -0.1) is 0 Å². The van der Waals surface area contributed by atoms with E-state index in [1.54, 1.807) is 0 Å². The summed E-state index contributed by atoms with van der Waals surface area (Å²) in [5, 5.41) is 20.0. The van der Waals surface area contributed by atoms with Gasteiger partial charge < -0.3 is 31.3 Å². The molecule has 117 valence electrons. The quantitative estimate of drug-likeness (QED) is 0.555. The van der Waals surface area contributed by atoms with Crippen LogP contribution in [-0.4, -0.2) is 24.0 Å². The third-order valence-electron chi connectivity index (χ3n) is 2.06. The predicted octanol–water partition coefficient (Wildman–Crippen LogP) is -1.78. The van der Waals surface area contributed by atoms with E-state index in [0.29, 0.717) is 24.7 Å². The molecule has 0 aliphatic rings.